The highest BCUT2D eigenvalue weighted by Crippen LogP contribution is 2.38. The van der Waals surface area contributed by atoms with Gasteiger partial charge in [-0.1, -0.05) is 42.3 Å². The summed E-state index contributed by atoms with van der Waals surface area (Å²) in [5.74, 6) is -0.127. The predicted molar refractivity (Wildman–Crippen MR) is 197 cm³/mol. The zero-order valence-corrected chi connectivity index (χ0v) is 30.5. The zero-order chi connectivity index (χ0) is 36.2. The summed E-state index contributed by atoms with van der Waals surface area (Å²) in [6.07, 6.45) is 11.5. The summed E-state index contributed by atoms with van der Waals surface area (Å²) in [4.78, 5) is 38.9. The largest absolute Gasteiger partial charge is 0.618 e. The fourth-order valence-electron chi connectivity index (χ4n) is 8.12. The highest BCUT2D eigenvalue weighted by Gasteiger charge is 2.44. The van der Waals surface area contributed by atoms with Crippen LogP contribution in [0.3, 0.4) is 0 Å². The van der Waals surface area contributed by atoms with Crippen molar-refractivity contribution in [2.45, 2.75) is 89.6 Å². The number of piperazine rings is 1. The van der Waals surface area contributed by atoms with Gasteiger partial charge in [0.2, 0.25) is 11.6 Å². The lowest BCUT2D eigenvalue weighted by molar-refractivity contribution is -0.617. The predicted octanol–water partition coefficient (Wildman–Crippen LogP) is 5.95. The average Bonchev–Trinajstić information content (AvgIpc) is 3.49. The van der Waals surface area contributed by atoms with Crippen LogP contribution in [-0.4, -0.2) is 79.7 Å². The number of nitrogens with zero attached hydrogens (tertiary/aromatic N) is 6. The molecule has 1 saturated heterocycles. The number of carbonyl (C=O) groups is 2. The minimum atomic E-state index is -0.891. The van der Waals surface area contributed by atoms with Gasteiger partial charge in [-0.05, 0) is 87.3 Å². The van der Waals surface area contributed by atoms with Crippen LogP contribution in [-0.2, 0) is 35.5 Å². The molecule has 2 aromatic carbocycles. The second-order valence-electron chi connectivity index (χ2n) is 14.3. The Morgan fingerprint density at radius 1 is 1.06 bits per heavy atom. The Bertz CT molecular complexity index is 1890. The van der Waals surface area contributed by atoms with Crippen LogP contribution in [0.5, 0.6) is 5.75 Å². The van der Waals surface area contributed by atoms with Gasteiger partial charge in [-0.25, -0.2) is 9.78 Å². The number of para-hydroxylation sites is 1. The van der Waals surface area contributed by atoms with Crippen molar-refractivity contribution in [2.75, 3.05) is 26.2 Å². The lowest BCUT2D eigenvalue weighted by Crippen LogP contribution is -2.62. The maximum atomic E-state index is 15.0. The second-order valence-corrected chi connectivity index (χ2v) is 14.8. The molecule has 1 aliphatic heterocycles. The standard InChI is InChI=1S/C40H47ClN6O5/c1-28-24-43(27-42-28)18-8-19-45(25-31-9-5-6-13-36(31)48)39(49)35-26-44(21-22-46(35)40(50)52-33-11-3-2-4-12-33)38-34-17-16-32(41)23-30(34)15-14-29-10-7-20-47(51)37(29)38/h5-7,9-10,13,16-17,20,23-24,27,33,35,38,48H,2-4,8,11-12,14-15,18-19,21-22,25-26H2,1H3/t35-,38?/m1/s1. The van der Waals surface area contributed by atoms with Crippen LogP contribution in [0.2, 0.25) is 5.02 Å². The molecule has 2 fully saturated rings. The number of rotatable bonds is 9. The molecule has 0 radical (unpaired) electrons. The maximum Gasteiger partial charge on any atom is 0.410 e. The minimum Gasteiger partial charge on any atom is -0.618 e. The Morgan fingerprint density at radius 2 is 1.87 bits per heavy atom. The third-order valence-corrected chi connectivity index (χ3v) is 11.0. The number of imidazole rings is 1. The lowest BCUT2D eigenvalue weighted by Gasteiger charge is -2.44. The number of aromatic nitrogens is 3. The van der Waals surface area contributed by atoms with Gasteiger partial charge in [0.25, 0.3) is 0 Å². The number of benzene rings is 2. The smallest absolute Gasteiger partial charge is 0.410 e. The molecule has 0 spiro atoms. The minimum absolute atomic E-state index is 0.106. The molecule has 1 saturated carbocycles. The van der Waals surface area contributed by atoms with Gasteiger partial charge in [0.05, 0.1) is 12.0 Å². The van der Waals surface area contributed by atoms with Gasteiger partial charge in [0.15, 0.2) is 6.20 Å². The van der Waals surface area contributed by atoms with E-state index in [2.05, 4.69) is 9.88 Å². The number of halogens is 1. The number of aromatic hydroxyl groups is 1. The Labute approximate surface area is 310 Å². The van der Waals surface area contributed by atoms with Crippen LogP contribution in [0.4, 0.5) is 4.79 Å². The molecule has 12 heteroatoms. The molecule has 0 bridgehead atoms. The van der Waals surface area contributed by atoms with E-state index in [0.29, 0.717) is 48.8 Å². The van der Waals surface area contributed by atoms with Gasteiger partial charge < -0.3 is 24.5 Å². The van der Waals surface area contributed by atoms with Crippen molar-refractivity contribution < 1.29 is 24.2 Å². The third-order valence-electron chi connectivity index (χ3n) is 10.8. The molecule has 3 aliphatic rings. The number of aryl methyl sites for hydroxylation is 4. The van der Waals surface area contributed by atoms with E-state index in [1.807, 2.05) is 54.1 Å². The first kappa shape index (κ1) is 35.8. The number of carbonyl (C=O) groups excluding carboxylic acids is 2. The van der Waals surface area contributed by atoms with Gasteiger partial charge in [-0.15, -0.1) is 0 Å². The molecule has 2 aromatic heterocycles. The number of fused-ring (bicyclic) bond motifs is 2. The summed E-state index contributed by atoms with van der Waals surface area (Å²) in [7, 11) is 0. The first-order chi connectivity index (χ1) is 25.2. The summed E-state index contributed by atoms with van der Waals surface area (Å²) >= 11 is 6.49. The first-order valence-corrected chi connectivity index (χ1v) is 18.9. The van der Waals surface area contributed by atoms with Crippen molar-refractivity contribution >= 4 is 23.6 Å². The maximum absolute atomic E-state index is 15.0. The Kier molecular flexibility index (Phi) is 11.0. The third kappa shape index (κ3) is 7.90. The van der Waals surface area contributed by atoms with Crippen LogP contribution in [0.15, 0.2) is 73.3 Å². The molecule has 11 nitrogen and oxygen atoms in total. The second kappa shape index (κ2) is 16.0. The summed E-state index contributed by atoms with van der Waals surface area (Å²) < 4.78 is 9.04. The lowest BCUT2D eigenvalue weighted by atomic mass is 9.95. The number of hydrogen-bond acceptors (Lipinski definition) is 7. The van der Waals surface area contributed by atoms with E-state index in [-0.39, 0.29) is 37.4 Å². The van der Waals surface area contributed by atoms with E-state index in [1.165, 1.54) is 6.20 Å². The zero-order valence-electron chi connectivity index (χ0n) is 29.7. The number of ether oxygens (including phenoxy) is 1. The molecule has 1 N–H and O–H groups in total. The molecule has 7 rings (SSSR count). The molecule has 2 amide bonds. The number of phenolic OH excluding ortho intramolecular Hbond substituents is 1. The average molecular weight is 727 g/mol. The van der Waals surface area contributed by atoms with Crippen LogP contribution >= 0.6 is 11.6 Å². The number of pyridine rings is 1. The van der Waals surface area contributed by atoms with Crippen molar-refractivity contribution in [1.82, 2.24) is 24.3 Å². The van der Waals surface area contributed by atoms with E-state index in [9.17, 15) is 15.1 Å². The van der Waals surface area contributed by atoms with Gasteiger partial charge in [0, 0.05) is 67.7 Å². The Hall–Kier alpha value is -4.61. The molecule has 3 heterocycles. The van der Waals surface area contributed by atoms with Gasteiger partial charge >= 0.3 is 6.09 Å². The summed E-state index contributed by atoms with van der Waals surface area (Å²) in [6.45, 7) is 4.03. The van der Waals surface area contributed by atoms with Gasteiger partial charge in [-0.3, -0.25) is 14.6 Å². The van der Waals surface area contributed by atoms with E-state index in [0.717, 1.165) is 65.6 Å². The van der Waals surface area contributed by atoms with Crippen molar-refractivity contribution in [3.63, 3.8) is 0 Å². The molecular weight excluding hydrogens is 680 g/mol. The van der Waals surface area contributed by atoms with E-state index < -0.39 is 18.2 Å². The molecule has 52 heavy (non-hydrogen) atoms. The normalized spacial score (nSPS) is 19.4. The van der Waals surface area contributed by atoms with E-state index in [1.54, 1.807) is 34.3 Å². The van der Waals surface area contributed by atoms with E-state index in [4.69, 9.17) is 16.3 Å². The Morgan fingerprint density at radius 3 is 2.65 bits per heavy atom. The monoisotopic (exact) mass is 726 g/mol. The van der Waals surface area contributed by atoms with Crippen molar-refractivity contribution in [1.29, 1.82) is 0 Å². The van der Waals surface area contributed by atoms with Crippen LogP contribution in [0, 0.1) is 12.1 Å². The summed E-state index contributed by atoms with van der Waals surface area (Å²) in [5, 5.41) is 25.0. The number of phenols is 1. The summed E-state index contributed by atoms with van der Waals surface area (Å²) in [5.41, 5.74) is 5.16. The number of hydrogen-bond donors (Lipinski definition) is 1. The van der Waals surface area contributed by atoms with Crippen molar-refractivity contribution in [3.8, 4) is 5.75 Å². The van der Waals surface area contributed by atoms with Crippen LogP contribution < -0.4 is 4.73 Å². The van der Waals surface area contributed by atoms with Crippen molar-refractivity contribution in [3.05, 3.63) is 117 Å². The fraction of sp³-hybridized carbons (Fsp3) is 0.450. The SMILES string of the molecule is Cc1cn(CCCN(Cc2ccccc2O)C(=O)[C@H]2CN(C3c4ccc(Cl)cc4CCc4ccc[n+]([O-])c43)CCN2C(=O)OC2CCCCC2)cn1. The van der Waals surface area contributed by atoms with Gasteiger partial charge in [0.1, 0.15) is 23.9 Å². The van der Waals surface area contributed by atoms with Crippen LogP contribution in [0.1, 0.15) is 78.2 Å². The number of amides is 2. The van der Waals surface area contributed by atoms with Gasteiger partial charge in [-0.2, -0.15) is 4.73 Å². The van der Waals surface area contributed by atoms with E-state index >= 15 is 4.79 Å². The molecule has 2 atom stereocenters. The highest BCUT2D eigenvalue weighted by atomic mass is 35.5. The fourth-order valence-corrected chi connectivity index (χ4v) is 8.32. The first-order valence-electron chi connectivity index (χ1n) is 18.5. The molecule has 2 aliphatic carbocycles. The summed E-state index contributed by atoms with van der Waals surface area (Å²) in [6, 6.07) is 15.3. The van der Waals surface area contributed by atoms with Crippen molar-refractivity contribution in [2.24, 2.45) is 0 Å². The Balaban J connectivity index is 1.23. The quantitative estimate of drug-likeness (QED) is 0.167. The molecular formula is C40H47ClN6O5. The molecule has 1 unspecified atom stereocenters. The molecule has 4 aromatic rings. The molecule has 274 valence electrons. The highest BCUT2D eigenvalue weighted by molar-refractivity contribution is 6.30. The topological polar surface area (TPSA) is 118 Å². The van der Waals surface area contributed by atoms with Crippen LogP contribution in [0.25, 0.3) is 0 Å².